The summed E-state index contributed by atoms with van der Waals surface area (Å²) in [6.07, 6.45) is 1.45. The number of hydrogen-bond donors (Lipinski definition) is 3. The third-order valence-corrected chi connectivity index (χ3v) is 4.83. The molecule has 3 N–H and O–H groups in total. The van der Waals surface area contributed by atoms with Gasteiger partial charge in [0.15, 0.2) is 17.1 Å². The molecule has 1 heterocycles. The highest BCUT2D eigenvalue weighted by molar-refractivity contribution is 6.06. The van der Waals surface area contributed by atoms with E-state index >= 15 is 0 Å². The minimum atomic E-state index is -0.693. The number of nitrogens with zero attached hydrogens (tertiary/aromatic N) is 4. The third-order valence-electron chi connectivity index (χ3n) is 4.83. The van der Waals surface area contributed by atoms with Gasteiger partial charge in [0.05, 0.1) is 14.2 Å². The second kappa shape index (κ2) is 9.50. The maximum Gasteiger partial charge on any atom is 0.269 e. The molecule has 1 aliphatic heterocycles. The number of ether oxygens (including phenoxy) is 3. The SMILES string of the molecule is C=NC(=NC(=NC)N=C(C)NC1=C(C)OC2(CC2)C(=O)N1)Nc1ccc(OC)c(OC)c1. The highest BCUT2D eigenvalue weighted by Crippen LogP contribution is 2.43. The number of anilines is 1. The van der Waals surface area contributed by atoms with Crippen LogP contribution in [0.5, 0.6) is 11.5 Å². The zero-order chi connectivity index (χ0) is 23.3. The van der Waals surface area contributed by atoms with Crippen LogP contribution in [0.3, 0.4) is 0 Å². The Morgan fingerprint density at radius 1 is 1.19 bits per heavy atom. The fourth-order valence-electron chi connectivity index (χ4n) is 2.99. The predicted molar refractivity (Wildman–Crippen MR) is 124 cm³/mol. The van der Waals surface area contributed by atoms with Crippen molar-refractivity contribution >= 4 is 36.1 Å². The Labute approximate surface area is 186 Å². The van der Waals surface area contributed by atoms with E-state index in [0.29, 0.717) is 34.6 Å². The smallest absolute Gasteiger partial charge is 0.269 e. The van der Waals surface area contributed by atoms with Crippen LogP contribution in [0, 0.1) is 0 Å². The van der Waals surface area contributed by atoms with E-state index in [1.807, 2.05) is 0 Å². The molecule has 0 saturated heterocycles. The maximum absolute atomic E-state index is 12.2. The van der Waals surface area contributed by atoms with Gasteiger partial charge in [0.2, 0.25) is 11.9 Å². The lowest BCUT2D eigenvalue weighted by atomic mass is 10.2. The first-order chi connectivity index (χ1) is 15.3. The van der Waals surface area contributed by atoms with Crippen LogP contribution in [0.25, 0.3) is 0 Å². The van der Waals surface area contributed by atoms with Crippen LogP contribution >= 0.6 is 0 Å². The number of carbonyl (C=O) groups excluding carboxylic acids is 1. The van der Waals surface area contributed by atoms with Crippen molar-refractivity contribution in [3.05, 3.63) is 29.8 Å². The molecule has 1 saturated carbocycles. The van der Waals surface area contributed by atoms with E-state index in [-0.39, 0.29) is 17.8 Å². The Hall–Kier alpha value is -3.89. The largest absolute Gasteiger partial charge is 0.493 e. The van der Waals surface area contributed by atoms with Crippen LogP contribution in [-0.2, 0) is 9.53 Å². The molecule has 2 aliphatic rings. The number of methoxy groups -OCH3 is 2. The fourth-order valence-corrected chi connectivity index (χ4v) is 2.99. The minimum Gasteiger partial charge on any atom is -0.493 e. The van der Waals surface area contributed by atoms with Gasteiger partial charge < -0.3 is 30.2 Å². The van der Waals surface area contributed by atoms with Crippen molar-refractivity contribution in [1.82, 2.24) is 10.6 Å². The Balaban J connectivity index is 1.73. The molecule has 0 radical (unpaired) electrons. The van der Waals surface area contributed by atoms with Crippen molar-refractivity contribution in [1.29, 1.82) is 0 Å². The minimum absolute atomic E-state index is 0.144. The van der Waals surface area contributed by atoms with Crippen molar-refractivity contribution in [2.45, 2.75) is 32.3 Å². The van der Waals surface area contributed by atoms with E-state index in [9.17, 15) is 4.79 Å². The van der Waals surface area contributed by atoms with Crippen LogP contribution < -0.4 is 25.4 Å². The summed E-state index contributed by atoms with van der Waals surface area (Å²) in [4.78, 5) is 28.8. The van der Waals surface area contributed by atoms with Crippen LogP contribution in [-0.4, -0.2) is 57.2 Å². The average molecular weight is 441 g/mol. The fraction of sp³-hybridized carbons (Fsp3) is 0.381. The molecule has 1 aliphatic carbocycles. The van der Waals surface area contributed by atoms with Crippen molar-refractivity contribution in [3.8, 4) is 11.5 Å². The number of carbonyl (C=O) groups is 1. The van der Waals surface area contributed by atoms with Gasteiger partial charge in [-0.15, -0.1) is 0 Å². The van der Waals surface area contributed by atoms with Gasteiger partial charge in [-0.1, -0.05) is 0 Å². The zero-order valence-electron chi connectivity index (χ0n) is 18.8. The summed E-state index contributed by atoms with van der Waals surface area (Å²) >= 11 is 0. The molecule has 0 atom stereocenters. The molecule has 1 aromatic rings. The van der Waals surface area contributed by atoms with Gasteiger partial charge in [-0.2, -0.15) is 9.98 Å². The van der Waals surface area contributed by atoms with E-state index in [4.69, 9.17) is 14.2 Å². The van der Waals surface area contributed by atoms with Gasteiger partial charge in [0, 0.05) is 31.6 Å². The number of guanidine groups is 2. The molecule has 1 amide bonds. The van der Waals surface area contributed by atoms with Crippen molar-refractivity contribution < 1.29 is 19.0 Å². The van der Waals surface area contributed by atoms with E-state index in [0.717, 1.165) is 12.8 Å². The van der Waals surface area contributed by atoms with Gasteiger partial charge in [-0.05, 0) is 32.7 Å². The molecule has 0 bridgehead atoms. The molecule has 3 rings (SSSR count). The lowest BCUT2D eigenvalue weighted by Gasteiger charge is -2.27. The number of hydrogen-bond acceptors (Lipinski definition) is 5. The molecule has 32 heavy (non-hydrogen) atoms. The number of aliphatic imine (C=N–C) groups is 4. The number of nitrogens with one attached hydrogen (secondary N) is 3. The number of amidine groups is 1. The predicted octanol–water partition coefficient (Wildman–Crippen LogP) is 2.03. The Morgan fingerprint density at radius 3 is 2.50 bits per heavy atom. The first-order valence-electron chi connectivity index (χ1n) is 9.89. The highest BCUT2D eigenvalue weighted by atomic mass is 16.5. The van der Waals surface area contributed by atoms with Crippen molar-refractivity contribution in [2.24, 2.45) is 20.0 Å². The van der Waals surface area contributed by atoms with Gasteiger partial charge >= 0.3 is 0 Å². The molecule has 1 fully saturated rings. The summed E-state index contributed by atoms with van der Waals surface area (Å²) in [5.41, 5.74) is -0.0269. The van der Waals surface area contributed by atoms with E-state index in [1.165, 1.54) is 0 Å². The number of allylic oxidation sites excluding steroid dienone is 1. The molecular weight excluding hydrogens is 414 g/mol. The van der Waals surface area contributed by atoms with Crippen LogP contribution in [0.15, 0.2) is 49.7 Å². The average Bonchev–Trinajstić information content (AvgIpc) is 3.56. The quantitative estimate of drug-likeness (QED) is 0.484. The monoisotopic (exact) mass is 441 g/mol. The summed E-state index contributed by atoms with van der Waals surface area (Å²) in [6.45, 7) is 7.05. The van der Waals surface area contributed by atoms with Crippen LogP contribution in [0.1, 0.15) is 26.7 Å². The second-order valence-electron chi connectivity index (χ2n) is 7.12. The first kappa shape index (κ1) is 22.8. The Bertz CT molecular complexity index is 1040. The van der Waals surface area contributed by atoms with Crippen molar-refractivity contribution in [3.63, 3.8) is 0 Å². The van der Waals surface area contributed by atoms with Crippen LogP contribution in [0.2, 0.25) is 0 Å². The normalized spacial score (nSPS) is 18.0. The summed E-state index contributed by atoms with van der Waals surface area (Å²) in [5.74, 6) is 2.82. The number of benzene rings is 1. The highest BCUT2D eigenvalue weighted by Gasteiger charge is 2.55. The topological polar surface area (TPSA) is 130 Å². The Kier molecular flexibility index (Phi) is 6.76. The molecule has 11 nitrogen and oxygen atoms in total. The maximum atomic E-state index is 12.2. The molecule has 11 heteroatoms. The summed E-state index contributed by atoms with van der Waals surface area (Å²) in [6, 6.07) is 5.28. The summed E-state index contributed by atoms with van der Waals surface area (Å²) < 4.78 is 16.3. The summed E-state index contributed by atoms with van der Waals surface area (Å²) in [7, 11) is 4.67. The molecule has 1 aromatic carbocycles. The summed E-state index contributed by atoms with van der Waals surface area (Å²) in [5, 5.41) is 8.89. The lowest BCUT2D eigenvalue weighted by Crippen LogP contribution is -2.47. The van der Waals surface area contributed by atoms with Gasteiger partial charge in [0.25, 0.3) is 5.91 Å². The second-order valence-corrected chi connectivity index (χ2v) is 7.12. The number of rotatable bonds is 4. The zero-order valence-corrected chi connectivity index (χ0v) is 18.8. The lowest BCUT2D eigenvalue weighted by molar-refractivity contribution is -0.134. The van der Waals surface area contributed by atoms with Gasteiger partial charge in [0.1, 0.15) is 17.4 Å². The number of amides is 1. The first-order valence-corrected chi connectivity index (χ1v) is 9.89. The van der Waals surface area contributed by atoms with E-state index in [1.54, 1.807) is 53.3 Å². The molecule has 1 spiro atoms. The van der Waals surface area contributed by atoms with Crippen LogP contribution in [0.4, 0.5) is 5.69 Å². The van der Waals surface area contributed by atoms with Crippen molar-refractivity contribution in [2.75, 3.05) is 26.6 Å². The van der Waals surface area contributed by atoms with E-state index < -0.39 is 5.60 Å². The van der Waals surface area contributed by atoms with E-state index in [2.05, 4.69) is 42.6 Å². The molecular formula is C21H27N7O4. The standard InChI is InChI=1S/C21H27N7O4/c1-12-17(27-18(29)21(32-12)9-10-21)24-13(2)25-19(22-3)28-20(23-4)26-14-7-8-15(30-5)16(11-14)31-6/h7-8,11H,4,9-10H2,1-3,5-6H3,(H,27,29)(H2,22,24,25,26,28). The Morgan fingerprint density at radius 2 is 1.91 bits per heavy atom. The molecule has 0 aromatic heterocycles. The third kappa shape index (κ3) is 5.05. The van der Waals surface area contributed by atoms with Gasteiger partial charge in [-0.3, -0.25) is 9.79 Å². The molecule has 170 valence electrons. The van der Waals surface area contributed by atoms with Gasteiger partial charge in [-0.25, -0.2) is 4.99 Å². The molecule has 0 unspecified atom stereocenters.